The SMILES string of the molecule is O=C(CCC1CCNC1)NCCOc1ncc(Cl)cc1Cl. The van der Waals surface area contributed by atoms with Crippen LogP contribution in [0.1, 0.15) is 19.3 Å². The van der Waals surface area contributed by atoms with E-state index in [9.17, 15) is 4.79 Å². The van der Waals surface area contributed by atoms with Gasteiger partial charge in [0, 0.05) is 12.6 Å². The Hall–Kier alpha value is -1.04. The van der Waals surface area contributed by atoms with Gasteiger partial charge in [-0.25, -0.2) is 4.98 Å². The summed E-state index contributed by atoms with van der Waals surface area (Å²) in [5.74, 6) is 1.01. The molecule has 1 saturated heterocycles. The first-order valence-electron chi connectivity index (χ1n) is 7.06. The topological polar surface area (TPSA) is 63.2 Å². The lowest BCUT2D eigenvalue weighted by atomic mass is 10.0. The van der Waals surface area contributed by atoms with E-state index in [1.165, 1.54) is 6.20 Å². The number of rotatable bonds is 7. The molecule has 1 amide bonds. The van der Waals surface area contributed by atoms with E-state index in [1.807, 2.05) is 0 Å². The van der Waals surface area contributed by atoms with Gasteiger partial charge in [0.2, 0.25) is 11.8 Å². The third-order valence-corrected chi connectivity index (χ3v) is 3.86. The van der Waals surface area contributed by atoms with Crippen molar-refractivity contribution in [2.24, 2.45) is 5.92 Å². The molecule has 0 spiro atoms. The fourth-order valence-corrected chi connectivity index (χ4v) is 2.67. The van der Waals surface area contributed by atoms with Crippen LogP contribution in [0.5, 0.6) is 5.88 Å². The van der Waals surface area contributed by atoms with Crippen molar-refractivity contribution in [3.8, 4) is 5.88 Å². The van der Waals surface area contributed by atoms with Gasteiger partial charge in [-0.15, -0.1) is 0 Å². The van der Waals surface area contributed by atoms with Crippen LogP contribution in [0, 0.1) is 5.92 Å². The molecule has 116 valence electrons. The Morgan fingerprint density at radius 2 is 2.38 bits per heavy atom. The Morgan fingerprint density at radius 1 is 1.52 bits per heavy atom. The van der Waals surface area contributed by atoms with Gasteiger partial charge in [0.25, 0.3) is 0 Å². The smallest absolute Gasteiger partial charge is 0.232 e. The molecule has 2 N–H and O–H groups in total. The molecule has 1 fully saturated rings. The minimum atomic E-state index is 0.0562. The van der Waals surface area contributed by atoms with Crippen LogP contribution in [-0.2, 0) is 4.79 Å². The summed E-state index contributed by atoms with van der Waals surface area (Å²) in [7, 11) is 0. The summed E-state index contributed by atoms with van der Waals surface area (Å²) in [5, 5.41) is 6.95. The average molecular weight is 332 g/mol. The van der Waals surface area contributed by atoms with Gasteiger partial charge >= 0.3 is 0 Å². The molecule has 5 nitrogen and oxygen atoms in total. The molecule has 1 aliphatic heterocycles. The van der Waals surface area contributed by atoms with E-state index in [1.54, 1.807) is 6.07 Å². The zero-order valence-corrected chi connectivity index (χ0v) is 13.2. The second-order valence-electron chi connectivity index (χ2n) is 5.04. The van der Waals surface area contributed by atoms with Crippen molar-refractivity contribution in [1.82, 2.24) is 15.6 Å². The molecule has 0 radical (unpaired) electrons. The van der Waals surface area contributed by atoms with E-state index >= 15 is 0 Å². The van der Waals surface area contributed by atoms with Crippen LogP contribution in [0.4, 0.5) is 0 Å². The molecule has 0 saturated carbocycles. The molecular weight excluding hydrogens is 313 g/mol. The van der Waals surface area contributed by atoms with Crippen molar-refractivity contribution in [3.05, 3.63) is 22.3 Å². The highest BCUT2D eigenvalue weighted by Crippen LogP contribution is 2.24. The van der Waals surface area contributed by atoms with E-state index in [2.05, 4.69) is 15.6 Å². The third-order valence-electron chi connectivity index (χ3n) is 3.38. The Labute approximate surface area is 134 Å². The largest absolute Gasteiger partial charge is 0.475 e. The van der Waals surface area contributed by atoms with E-state index < -0.39 is 0 Å². The van der Waals surface area contributed by atoms with Gasteiger partial charge in [-0.1, -0.05) is 23.2 Å². The van der Waals surface area contributed by atoms with Crippen molar-refractivity contribution in [2.45, 2.75) is 19.3 Å². The second-order valence-corrected chi connectivity index (χ2v) is 5.88. The first-order valence-corrected chi connectivity index (χ1v) is 7.82. The quantitative estimate of drug-likeness (QED) is 0.752. The monoisotopic (exact) mass is 331 g/mol. The van der Waals surface area contributed by atoms with Crippen molar-refractivity contribution in [2.75, 3.05) is 26.2 Å². The number of carbonyl (C=O) groups excluding carboxylic acids is 1. The molecule has 7 heteroatoms. The molecule has 1 aromatic heterocycles. The Bertz CT molecular complexity index is 479. The number of carbonyl (C=O) groups is 1. The fourth-order valence-electron chi connectivity index (χ4n) is 2.23. The van der Waals surface area contributed by atoms with Crippen LogP contribution in [0.25, 0.3) is 0 Å². The summed E-state index contributed by atoms with van der Waals surface area (Å²) in [6.07, 6.45) is 4.13. The molecule has 1 aromatic rings. The molecule has 21 heavy (non-hydrogen) atoms. The third kappa shape index (κ3) is 5.69. The summed E-state index contributed by atoms with van der Waals surface area (Å²) in [6, 6.07) is 1.57. The number of hydrogen-bond donors (Lipinski definition) is 2. The van der Waals surface area contributed by atoms with E-state index in [0.29, 0.717) is 41.4 Å². The number of halogens is 2. The number of pyridine rings is 1. The number of nitrogens with one attached hydrogen (secondary N) is 2. The molecule has 1 atom stereocenters. The number of aromatic nitrogens is 1. The predicted molar refractivity (Wildman–Crippen MR) is 83.0 cm³/mol. The van der Waals surface area contributed by atoms with E-state index in [4.69, 9.17) is 27.9 Å². The maximum atomic E-state index is 11.7. The zero-order valence-electron chi connectivity index (χ0n) is 11.7. The number of nitrogens with zero attached hydrogens (tertiary/aromatic N) is 1. The van der Waals surface area contributed by atoms with Crippen LogP contribution >= 0.6 is 23.2 Å². The Kier molecular flexibility index (Phi) is 6.54. The average Bonchev–Trinajstić information content (AvgIpc) is 2.96. The van der Waals surface area contributed by atoms with E-state index in [0.717, 1.165) is 25.9 Å². The second kappa shape index (κ2) is 8.41. The minimum Gasteiger partial charge on any atom is -0.475 e. The lowest BCUT2D eigenvalue weighted by molar-refractivity contribution is -0.121. The van der Waals surface area contributed by atoms with Gasteiger partial charge in [-0.3, -0.25) is 4.79 Å². The molecule has 0 bridgehead atoms. The highest BCUT2D eigenvalue weighted by molar-refractivity contribution is 6.35. The molecule has 0 aromatic carbocycles. The highest BCUT2D eigenvalue weighted by Gasteiger charge is 2.15. The van der Waals surface area contributed by atoms with Gasteiger partial charge in [0.15, 0.2) is 0 Å². The van der Waals surface area contributed by atoms with Gasteiger partial charge in [0.05, 0.1) is 11.6 Å². The van der Waals surface area contributed by atoms with Gasteiger partial charge in [-0.2, -0.15) is 0 Å². The molecule has 0 aliphatic carbocycles. The molecule has 2 rings (SSSR count). The summed E-state index contributed by atoms with van der Waals surface area (Å²) in [4.78, 5) is 15.7. The van der Waals surface area contributed by atoms with Crippen molar-refractivity contribution in [3.63, 3.8) is 0 Å². The lowest BCUT2D eigenvalue weighted by Gasteiger charge is -2.10. The lowest BCUT2D eigenvalue weighted by Crippen LogP contribution is -2.28. The van der Waals surface area contributed by atoms with Crippen LogP contribution in [-0.4, -0.2) is 37.1 Å². The highest BCUT2D eigenvalue weighted by atomic mass is 35.5. The zero-order chi connectivity index (χ0) is 15.1. The Balaban J connectivity index is 1.59. The van der Waals surface area contributed by atoms with Crippen LogP contribution in [0.3, 0.4) is 0 Å². The van der Waals surface area contributed by atoms with Gasteiger partial charge in [0.1, 0.15) is 11.6 Å². The summed E-state index contributed by atoms with van der Waals surface area (Å²) >= 11 is 11.7. The number of amides is 1. The summed E-state index contributed by atoms with van der Waals surface area (Å²) in [6.45, 7) is 2.85. The van der Waals surface area contributed by atoms with Gasteiger partial charge < -0.3 is 15.4 Å². The Morgan fingerprint density at radius 3 is 3.10 bits per heavy atom. The fraction of sp³-hybridized carbons (Fsp3) is 0.571. The first-order chi connectivity index (χ1) is 10.1. The minimum absolute atomic E-state index is 0.0562. The molecule has 1 aliphatic rings. The number of hydrogen-bond acceptors (Lipinski definition) is 4. The summed E-state index contributed by atoms with van der Waals surface area (Å²) in [5.41, 5.74) is 0. The van der Waals surface area contributed by atoms with Crippen LogP contribution < -0.4 is 15.4 Å². The number of ether oxygens (including phenoxy) is 1. The van der Waals surface area contributed by atoms with Gasteiger partial charge in [-0.05, 0) is 37.9 Å². The molecule has 1 unspecified atom stereocenters. The van der Waals surface area contributed by atoms with Crippen molar-refractivity contribution in [1.29, 1.82) is 0 Å². The first kappa shape index (κ1) is 16.3. The van der Waals surface area contributed by atoms with Crippen molar-refractivity contribution >= 4 is 29.1 Å². The predicted octanol–water partition coefficient (Wildman–Crippen LogP) is 2.27. The van der Waals surface area contributed by atoms with Crippen LogP contribution in [0.2, 0.25) is 10.0 Å². The maximum Gasteiger partial charge on any atom is 0.232 e. The molecule has 2 heterocycles. The van der Waals surface area contributed by atoms with E-state index in [-0.39, 0.29) is 5.91 Å². The molecular formula is C14H19Cl2N3O2. The van der Waals surface area contributed by atoms with Crippen LogP contribution in [0.15, 0.2) is 12.3 Å². The van der Waals surface area contributed by atoms with Crippen molar-refractivity contribution < 1.29 is 9.53 Å². The normalized spacial score (nSPS) is 17.7. The maximum absolute atomic E-state index is 11.7. The summed E-state index contributed by atoms with van der Waals surface area (Å²) < 4.78 is 5.39. The standard InChI is InChI=1S/C14H19Cl2N3O2/c15-11-7-12(16)14(19-9-11)21-6-5-18-13(20)2-1-10-3-4-17-8-10/h7,9-10,17H,1-6,8H2,(H,18,20).